The van der Waals surface area contributed by atoms with E-state index in [9.17, 15) is 19.2 Å². The SMILES string of the molecule is CC/C=C\C/C=C\C/C=C\C/C=C\C/C=C\C/C=C\CCC(=O)OC(CCC/C=C\CCCCCCCC)CCCCCCCC(=O)NCC(=O)NC(CO)C(=O)O. The predicted molar refractivity (Wildman–Crippen MR) is 240 cm³/mol. The van der Waals surface area contributed by atoms with Gasteiger partial charge in [0.2, 0.25) is 11.8 Å². The Hall–Kier alpha value is -3.98. The summed E-state index contributed by atoms with van der Waals surface area (Å²) in [7, 11) is 0. The molecular weight excluding hydrogens is 729 g/mol. The summed E-state index contributed by atoms with van der Waals surface area (Å²) in [6.07, 6.45) is 54.7. The summed E-state index contributed by atoms with van der Waals surface area (Å²) in [5, 5.41) is 22.5. The third kappa shape index (κ3) is 38.9. The van der Waals surface area contributed by atoms with Crippen molar-refractivity contribution < 1.29 is 34.1 Å². The molecule has 0 heterocycles. The third-order valence-corrected chi connectivity index (χ3v) is 9.39. The van der Waals surface area contributed by atoms with Gasteiger partial charge in [0.05, 0.1) is 13.2 Å². The number of ether oxygens (including phenoxy) is 1. The van der Waals surface area contributed by atoms with E-state index in [1.165, 1.54) is 38.5 Å². The minimum absolute atomic E-state index is 0.0896. The Labute approximate surface area is 352 Å². The van der Waals surface area contributed by atoms with E-state index >= 15 is 0 Å². The molecule has 0 radical (unpaired) electrons. The largest absolute Gasteiger partial charge is 0.480 e. The van der Waals surface area contributed by atoms with Crippen LogP contribution < -0.4 is 10.6 Å². The monoisotopic (exact) mass is 809 g/mol. The average Bonchev–Trinajstić information content (AvgIpc) is 3.21. The Morgan fingerprint density at radius 1 is 0.534 bits per heavy atom. The van der Waals surface area contributed by atoms with E-state index in [0.29, 0.717) is 19.3 Å². The van der Waals surface area contributed by atoms with Crippen molar-refractivity contribution in [2.75, 3.05) is 13.2 Å². The Bertz CT molecular complexity index is 1250. The second-order valence-corrected chi connectivity index (χ2v) is 14.7. The molecule has 0 saturated heterocycles. The number of nitrogens with one attached hydrogen (secondary N) is 2. The summed E-state index contributed by atoms with van der Waals surface area (Å²) in [6.45, 7) is 3.33. The van der Waals surface area contributed by atoms with Gasteiger partial charge < -0.3 is 25.6 Å². The van der Waals surface area contributed by atoms with Gasteiger partial charge >= 0.3 is 11.9 Å². The zero-order chi connectivity index (χ0) is 42.6. The fraction of sp³-hybridized carbons (Fsp3) is 0.633. The molecule has 0 rings (SSSR count). The summed E-state index contributed by atoms with van der Waals surface area (Å²) < 4.78 is 5.97. The highest BCUT2D eigenvalue weighted by atomic mass is 16.5. The minimum atomic E-state index is -1.39. The highest BCUT2D eigenvalue weighted by Crippen LogP contribution is 2.17. The molecule has 58 heavy (non-hydrogen) atoms. The quantitative estimate of drug-likeness (QED) is 0.0275. The topological polar surface area (TPSA) is 142 Å². The molecule has 0 aliphatic carbocycles. The number of aliphatic carboxylic acids is 1. The maximum atomic E-state index is 12.8. The molecule has 9 heteroatoms. The van der Waals surface area contributed by atoms with E-state index in [-0.39, 0.29) is 30.9 Å². The van der Waals surface area contributed by atoms with Gasteiger partial charge in [-0.1, -0.05) is 150 Å². The van der Waals surface area contributed by atoms with Crippen LogP contribution in [0.25, 0.3) is 0 Å². The van der Waals surface area contributed by atoms with Crippen molar-refractivity contribution in [1.82, 2.24) is 10.6 Å². The van der Waals surface area contributed by atoms with Crippen LogP contribution in [0.3, 0.4) is 0 Å². The van der Waals surface area contributed by atoms with Gasteiger partial charge in [0, 0.05) is 12.8 Å². The van der Waals surface area contributed by atoms with Crippen LogP contribution in [0.2, 0.25) is 0 Å². The van der Waals surface area contributed by atoms with E-state index in [1.54, 1.807) is 0 Å². The summed E-state index contributed by atoms with van der Waals surface area (Å²) in [5.74, 6) is -2.42. The van der Waals surface area contributed by atoms with Crippen molar-refractivity contribution in [3.8, 4) is 0 Å². The summed E-state index contributed by atoms with van der Waals surface area (Å²) in [5.41, 5.74) is 0. The minimum Gasteiger partial charge on any atom is -0.480 e. The first kappa shape index (κ1) is 54.0. The van der Waals surface area contributed by atoms with Gasteiger partial charge in [-0.15, -0.1) is 0 Å². The third-order valence-electron chi connectivity index (χ3n) is 9.39. The normalized spacial score (nSPS) is 13.3. The number of rotatable bonds is 39. The van der Waals surface area contributed by atoms with Crippen LogP contribution in [-0.4, -0.2) is 59.3 Å². The van der Waals surface area contributed by atoms with Crippen LogP contribution in [0.1, 0.15) is 174 Å². The Morgan fingerprint density at radius 3 is 1.59 bits per heavy atom. The number of carbonyl (C=O) groups excluding carboxylic acids is 3. The van der Waals surface area contributed by atoms with Gasteiger partial charge in [0.15, 0.2) is 0 Å². The highest BCUT2D eigenvalue weighted by molar-refractivity contribution is 5.87. The molecule has 0 aromatic carbocycles. The van der Waals surface area contributed by atoms with Crippen molar-refractivity contribution in [3.63, 3.8) is 0 Å². The molecule has 0 aromatic rings. The van der Waals surface area contributed by atoms with E-state index in [2.05, 4.69) is 110 Å². The molecule has 2 unspecified atom stereocenters. The lowest BCUT2D eigenvalue weighted by Gasteiger charge is -2.18. The lowest BCUT2D eigenvalue weighted by atomic mass is 10.0. The number of esters is 1. The number of unbranched alkanes of at least 4 members (excludes halogenated alkanes) is 11. The zero-order valence-corrected chi connectivity index (χ0v) is 36.3. The maximum absolute atomic E-state index is 12.8. The number of aliphatic hydroxyl groups is 1. The van der Waals surface area contributed by atoms with Crippen LogP contribution in [0.4, 0.5) is 0 Å². The second-order valence-electron chi connectivity index (χ2n) is 14.7. The van der Waals surface area contributed by atoms with Crippen molar-refractivity contribution in [1.29, 1.82) is 0 Å². The number of aliphatic hydroxyl groups excluding tert-OH is 1. The van der Waals surface area contributed by atoms with Crippen molar-refractivity contribution >= 4 is 23.8 Å². The van der Waals surface area contributed by atoms with Gasteiger partial charge in [-0.2, -0.15) is 0 Å². The summed E-state index contributed by atoms with van der Waals surface area (Å²) in [4.78, 5) is 47.6. The van der Waals surface area contributed by atoms with E-state index < -0.39 is 24.5 Å². The Balaban J connectivity index is 4.46. The van der Waals surface area contributed by atoms with Gasteiger partial charge in [-0.3, -0.25) is 14.4 Å². The maximum Gasteiger partial charge on any atom is 0.328 e. The molecule has 0 aliphatic rings. The summed E-state index contributed by atoms with van der Waals surface area (Å²) >= 11 is 0. The molecule has 4 N–H and O–H groups in total. The lowest BCUT2D eigenvalue weighted by Crippen LogP contribution is -2.47. The fourth-order valence-corrected chi connectivity index (χ4v) is 5.98. The van der Waals surface area contributed by atoms with E-state index in [1.807, 2.05) is 0 Å². The first-order valence-corrected chi connectivity index (χ1v) is 22.5. The first-order valence-electron chi connectivity index (χ1n) is 22.5. The number of carbonyl (C=O) groups is 4. The molecule has 0 fully saturated rings. The van der Waals surface area contributed by atoms with Gasteiger partial charge in [0.25, 0.3) is 0 Å². The van der Waals surface area contributed by atoms with Crippen molar-refractivity contribution in [3.05, 3.63) is 85.1 Å². The zero-order valence-electron chi connectivity index (χ0n) is 36.3. The Morgan fingerprint density at radius 2 is 1.02 bits per heavy atom. The van der Waals surface area contributed by atoms with Gasteiger partial charge in [-0.25, -0.2) is 4.79 Å². The highest BCUT2D eigenvalue weighted by Gasteiger charge is 2.19. The molecule has 0 aliphatic heterocycles. The molecule has 0 bridgehead atoms. The summed E-state index contributed by atoms with van der Waals surface area (Å²) in [6, 6.07) is -1.39. The molecule has 0 spiro atoms. The van der Waals surface area contributed by atoms with E-state index in [4.69, 9.17) is 14.9 Å². The van der Waals surface area contributed by atoms with Crippen molar-refractivity contribution in [2.45, 2.75) is 187 Å². The van der Waals surface area contributed by atoms with Gasteiger partial charge in [-0.05, 0) is 96.3 Å². The first-order chi connectivity index (χ1) is 28.3. The molecule has 9 nitrogen and oxygen atoms in total. The number of hydrogen-bond acceptors (Lipinski definition) is 6. The number of carboxylic acids is 1. The fourth-order valence-electron chi connectivity index (χ4n) is 5.98. The van der Waals surface area contributed by atoms with Crippen LogP contribution in [0.5, 0.6) is 0 Å². The number of hydrogen-bond donors (Lipinski definition) is 4. The average molecular weight is 809 g/mol. The van der Waals surface area contributed by atoms with Crippen LogP contribution in [0.15, 0.2) is 85.1 Å². The molecule has 328 valence electrons. The molecule has 0 aromatic heterocycles. The molecule has 2 amide bonds. The molecule has 2 atom stereocenters. The van der Waals surface area contributed by atoms with Crippen LogP contribution in [0, 0.1) is 0 Å². The van der Waals surface area contributed by atoms with E-state index in [0.717, 1.165) is 96.3 Å². The smallest absolute Gasteiger partial charge is 0.328 e. The number of allylic oxidation sites excluding steroid dienone is 14. The lowest BCUT2D eigenvalue weighted by molar-refractivity contribution is -0.149. The number of carboxylic acid groups (broad SMARTS) is 1. The molecular formula is C49H80N2O7. The number of amides is 2. The standard InChI is InChI=1S/C49H80N2O7/c1-3-5-7-9-11-13-15-16-17-18-19-20-21-22-24-26-28-33-37-41-48(55)58-44(38-34-30-27-25-23-14-12-10-8-6-4-2)39-35-31-29-32-36-40-46(53)50-42-47(54)51-45(43-52)49(56)57/h5,7,11,13,16-17,19-20,22,24-25,27-28,33,44-45,52H,3-4,6,8-10,12,14-15,18,21,23,26,29-32,34-43H2,1-2H3,(H,50,53)(H,51,54)(H,56,57)/b7-5-,13-11-,17-16-,20-19-,24-22-,27-25-,33-28-. The van der Waals surface area contributed by atoms with Crippen LogP contribution >= 0.6 is 0 Å². The Kier molecular flexibility index (Phi) is 39.7. The molecule has 0 saturated carbocycles. The predicted octanol–water partition coefficient (Wildman–Crippen LogP) is 11.3. The van der Waals surface area contributed by atoms with Crippen molar-refractivity contribution in [2.24, 2.45) is 0 Å². The van der Waals surface area contributed by atoms with Gasteiger partial charge in [0.1, 0.15) is 12.1 Å². The van der Waals surface area contributed by atoms with Crippen LogP contribution in [-0.2, 0) is 23.9 Å². The second kappa shape index (κ2) is 42.6.